The van der Waals surface area contributed by atoms with Gasteiger partial charge in [0, 0.05) is 12.4 Å². The van der Waals surface area contributed by atoms with Crippen molar-refractivity contribution >= 4 is 17.5 Å². The number of amides is 1. The quantitative estimate of drug-likeness (QED) is 0.725. The van der Waals surface area contributed by atoms with Crippen LogP contribution in [0, 0.1) is 5.92 Å². The normalized spacial score (nSPS) is 11.9. The molecular formula is C15H22ClNO3. The number of para-hydroxylation sites is 1. The first kappa shape index (κ1) is 16.6. The van der Waals surface area contributed by atoms with Crippen molar-refractivity contribution in [3.05, 3.63) is 23.8 Å². The Labute approximate surface area is 125 Å². The maximum Gasteiger partial charge on any atom is 0.255 e. The Morgan fingerprint density at radius 3 is 2.80 bits per heavy atom. The van der Waals surface area contributed by atoms with E-state index in [9.17, 15) is 9.90 Å². The Kier molecular flexibility index (Phi) is 7.23. The first-order valence-electron chi connectivity index (χ1n) is 6.84. The highest BCUT2D eigenvalue weighted by Crippen LogP contribution is 2.29. The molecule has 1 aromatic carbocycles. The Hall–Kier alpha value is -1.42. The fraction of sp³-hybridized carbons (Fsp3) is 0.533. The summed E-state index contributed by atoms with van der Waals surface area (Å²) in [4.78, 5) is 12.1. The fourth-order valence-electron chi connectivity index (χ4n) is 2.11. The number of ether oxygens (including phenoxy) is 1. The van der Waals surface area contributed by atoms with Crippen molar-refractivity contribution in [2.24, 2.45) is 5.92 Å². The Morgan fingerprint density at radius 2 is 2.20 bits per heavy atom. The molecule has 112 valence electrons. The summed E-state index contributed by atoms with van der Waals surface area (Å²) in [6, 6.07) is 4.86. The number of phenolic OH excluding ortho intramolecular Hbond substituents is 1. The van der Waals surface area contributed by atoms with Gasteiger partial charge in [0.15, 0.2) is 11.5 Å². The highest BCUT2D eigenvalue weighted by atomic mass is 35.5. The third-order valence-electron chi connectivity index (χ3n) is 3.23. The van der Waals surface area contributed by atoms with Gasteiger partial charge in [-0.25, -0.2) is 0 Å². The highest BCUT2D eigenvalue weighted by molar-refractivity contribution is 6.17. The monoisotopic (exact) mass is 299 g/mol. The van der Waals surface area contributed by atoms with E-state index in [1.54, 1.807) is 18.2 Å². The Bertz CT molecular complexity index is 431. The summed E-state index contributed by atoms with van der Waals surface area (Å²) in [5.41, 5.74) is 0.227. The number of alkyl halides is 1. The summed E-state index contributed by atoms with van der Waals surface area (Å²) in [5.74, 6) is 0.831. The maximum atomic E-state index is 12.1. The summed E-state index contributed by atoms with van der Waals surface area (Å²) in [7, 11) is 1.45. The number of rotatable bonds is 8. The molecule has 0 fully saturated rings. The average Bonchev–Trinajstić information content (AvgIpc) is 2.45. The molecule has 2 N–H and O–H groups in total. The molecule has 20 heavy (non-hydrogen) atoms. The van der Waals surface area contributed by atoms with Crippen LogP contribution in [-0.2, 0) is 0 Å². The molecule has 5 heteroatoms. The van der Waals surface area contributed by atoms with Crippen LogP contribution in [0.15, 0.2) is 18.2 Å². The number of aromatic hydroxyl groups is 1. The molecule has 1 aromatic rings. The molecule has 0 bridgehead atoms. The molecule has 0 heterocycles. The van der Waals surface area contributed by atoms with E-state index in [1.165, 1.54) is 7.11 Å². The van der Waals surface area contributed by atoms with Gasteiger partial charge in [-0.2, -0.15) is 0 Å². The van der Waals surface area contributed by atoms with Crippen LogP contribution in [0.1, 0.15) is 36.5 Å². The third-order valence-corrected chi connectivity index (χ3v) is 3.45. The van der Waals surface area contributed by atoms with Crippen molar-refractivity contribution in [2.75, 3.05) is 19.5 Å². The number of benzene rings is 1. The number of phenols is 1. The van der Waals surface area contributed by atoms with Gasteiger partial charge in [0.1, 0.15) is 0 Å². The van der Waals surface area contributed by atoms with Gasteiger partial charge in [0.25, 0.3) is 5.91 Å². The van der Waals surface area contributed by atoms with E-state index >= 15 is 0 Å². The maximum absolute atomic E-state index is 12.1. The van der Waals surface area contributed by atoms with Crippen molar-refractivity contribution in [3.8, 4) is 11.5 Å². The number of hydrogen-bond donors (Lipinski definition) is 2. The lowest BCUT2D eigenvalue weighted by atomic mass is 10.0. The number of methoxy groups -OCH3 is 1. The second-order valence-electron chi connectivity index (χ2n) is 4.70. The highest BCUT2D eigenvalue weighted by Gasteiger charge is 2.16. The van der Waals surface area contributed by atoms with Crippen LogP contribution >= 0.6 is 11.6 Å². The first-order valence-corrected chi connectivity index (χ1v) is 7.37. The minimum Gasteiger partial charge on any atom is -0.504 e. The van der Waals surface area contributed by atoms with Crippen molar-refractivity contribution in [2.45, 2.75) is 26.2 Å². The molecule has 0 spiro atoms. The number of nitrogens with one attached hydrogen (secondary N) is 1. The number of hydrogen-bond acceptors (Lipinski definition) is 3. The molecule has 0 aliphatic heterocycles. The topological polar surface area (TPSA) is 58.6 Å². The van der Waals surface area contributed by atoms with Crippen molar-refractivity contribution in [3.63, 3.8) is 0 Å². The van der Waals surface area contributed by atoms with E-state index < -0.39 is 0 Å². The van der Waals surface area contributed by atoms with Gasteiger partial charge in [-0.1, -0.05) is 19.4 Å². The van der Waals surface area contributed by atoms with E-state index in [-0.39, 0.29) is 17.2 Å². The first-order chi connectivity index (χ1) is 9.63. The van der Waals surface area contributed by atoms with Crippen molar-refractivity contribution in [1.82, 2.24) is 5.32 Å². The van der Waals surface area contributed by atoms with Crippen LogP contribution in [0.5, 0.6) is 11.5 Å². The smallest absolute Gasteiger partial charge is 0.255 e. The van der Waals surface area contributed by atoms with E-state index in [0.29, 0.717) is 24.1 Å². The third kappa shape index (κ3) is 4.60. The minimum absolute atomic E-state index is 0.128. The molecule has 0 aliphatic rings. The summed E-state index contributed by atoms with van der Waals surface area (Å²) in [5, 5.41) is 12.8. The zero-order valence-electron chi connectivity index (χ0n) is 12.0. The van der Waals surface area contributed by atoms with E-state index in [4.69, 9.17) is 16.3 Å². The predicted molar refractivity (Wildman–Crippen MR) is 80.7 cm³/mol. The van der Waals surface area contributed by atoms with Crippen LogP contribution < -0.4 is 10.1 Å². The van der Waals surface area contributed by atoms with E-state index in [1.807, 2.05) is 0 Å². The van der Waals surface area contributed by atoms with Crippen LogP contribution in [0.4, 0.5) is 0 Å². The second-order valence-corrected chi connectivity index (χ2v) is 5.08. The lowest BCUT2D eigenvalue weighted by molar-refractivity contribution is 0.0942. The summed E-state index contributed by atoms with van der Waals surface area (Å²) < 4.78 is 4.99. The van der Waals surface area contributed by atoms with Gasteiger partial charge in [0.05, 0.1) is 12.7 Å². The van der Waals surface area contributed by atoms with Crippen LogP contribution in [0.3, 0.4) is 0 Å². The van der Waals surface area contributed by atoms with Gasteiger partial charge < -0.3 is 15.2 Å². The average molecular weight is 300 g/mol. The van der Waals surface area contributed by atoms with Crippen molar-refractivity contribution < 1.29 is 14.6 Å². The summed E-state index contributed by atoms with van der Waals surface area (Å²) >= 11 is 5.76. The Balaban J connectivity index is 2.66. The fourth-order valence-corrected chi connectivity index (χ4v) is 2.42. The molecule has 0 saturated heterocycles. The lowest BCUT2D eigenvalue weighted by Crippen LogP contribution is -2.29. The molecular weight excluding hydrogens is 278 g/mol. The van der Waals surface area contributed by atoms with Gasteiger partial charge in [-0.3, -0.25) is 4.79 Å². The molecule has 0 radical (unpaired) electrons. The van der Waals surface area contributed by atoms with Crippen LogP contribution in [-0.4, -0.2) is 30.5 Å². The number of carbonyl (C=O) groups is 1. The number of halogens is 1. The van der Waals surface area contributed by atoms with Gasteiger partial charge in [-0.05, 0) is 30.9 Å². The molecule has 0 aromatic heterocycles. The number of carbonyl (C=O) groups excluding carboxylic acids is 1. The van der Waals surface area contributed by atoms with Crippen LogP contribution in [0.2, 0.25) is 0 Å². The molecule has 0 aliphatic carbocycles. The molecule has 4 nitrogen and oxygen atoms in total. The summed E-state index contributed by atoms with van der Waals surface area (Å²) in [6.45, 7) is 2.67. The molecule has 1 unspecified atom stereocenters. The SMILES string of the molecule is CCCC(CCCl)CNC(=O)c1cccc(OC)c1O. The van der Waals surface area contributed by atoms with E-state index in [2.05, 4.69) is 12.2 Å². The zero-order chi connectivity index (χ0) is 15.0. The molecule has 1 atom stereocenters. The van der Waals surface area contributed by atoms with E-state index in [0.717, 1.165) is 19.3 Å². The van der Waals surface area contributed by atoms with Gasteiger partial charge in [-0.15, -0.1) is 11.6 Å². The standard InChI is InChI=1S/C15H22ClNO3/c1-3-5-11(8-9-16)10-17-15(19)12-6-4-7-13(20-2)14(12)18/h4,6-7,11,18H,3,5,8-10H2,1-2H3,(H,17,19). The largest absolute Gasteiger partial charge is 0.504 e. The molecule has 1 rings (SSSR count). The molecule has 0 saturated carbocycles. The predicted octanol–water partition coefficient (Wildman–Crippen LogP) is 3.18. The lowest BCUT2D eigenvalue weighted by Gasteiger charge is -2.16. The molecule has 1 amide bonds. The minimum atomic E-state index is -0.294. The summed E-state index contributed by atoms with van der Waals surface area (Å²) in [6.07, 6.45) is 2.96. The van der Waals surface area contributed by atoms with Crippen molar-refractivity contribution in [1.29, 1.82) is 0 Å². The second kappa shape index (κ2) is 8.69. The Morgan fingerprint density at radius 1 is 1.45 bits per heavy atom. The van der Waals surface area contributed by atoms with Gasteiger partial charge in [0.2, 0.25) is 0 Å². The zero-order valence-corrected chi connectivity index (χ0v) is 12.7. The van der Waals surface area contributed by atoms with Gasteiger partial charge >= 0.3 is 0 Å². The van der Waals surface area contributed by atoms with Crippen LogP contribution in [0.25, 0.3) is 0 Å².